The van der Waals surface area contributed by atoms with Crippen molar-refractivity contribution in [3.8, 4) is 11.4 Å². The Morgan fingerprint density at radius 3 is 2.64 bits per heavy atom. The van der Waals surface area contributed by atoms with Gasteiger partial charge in [0.15, 0.2) is 0 Å². The Labute approximate surface area is 129 Å². The molecule has 2 heterocycles. The Hall–Kier alpha value is -2.15. The van der Waals surface area contributed by atoms with Gasteiger partial charge in [0.25, 0.3) is 5.56 Å². The molecule has 0 spiro atoms. The Kier molecular flexibility index (Phi) is 3.98. The summed E-state index contributed by atoms with van der Waals surface area (Å²) in [6.07, 6.45) is 2.42. The van der Waals surface area contributed by atoms with Gasteiger partial charge in [0, 0.05) is 37.8 Å². The maximum absolute atomic E-state index is 11.9. The van der Waals surface area contributed by atoms with Gasteiger partial charge >= 0.3 is 0 Å². The van der Waals surface area contributed by atoms with Crippen LogP contribution in [0.15, 0.2) is 16.9 Å². The van der Waals surface area contributed by atoms with Crippen molar-refractivity contribution in [2.75, 3.05) is 39.1 Å². The molecule has 0 aliphatic heterocycles. The number of aromatic nitrogens is 4. The zero-order chi connectivity index (χ0) is 15.7. The number of aromatic amines is 2. The lowest BCUT2D eigenvalue weighted by molar-refractivity contribution is 0.415. The molecule has 22 heavy (non-hydrogen) atoms. The van der Waals surface area contributed by atoms with Crippen LogP contribution in [0.4, 0.5) is 5.95 Å². The van der Waals surface area contributed by atoms with Crippen LogP contribution in [-0.4, -0.2) is 59.3 Å². The van der Waals surface area contributed by atoms with Crippen LogP contribution in [0.25, 0.3) is 11.4 Å². The minimum atomic E-state index is -0.160. The number of hydrogen-bond donors (Lipinski definition) is 2. The Balaban J connectivity index is 1.83. The average molecular weight is 302 g/mol. The molecule has 1 saturated carbocycles. The topological polar surface area (TPSA) is 80.9 Å². The van der Waals surface area contributed by atoms with Gasteiger partial charge in [-0.1, -0.05) is 0 Å². The minimum absolute atomic E-state index is 0.160. The first-order valence-corrected chi connectivity index (χ1v) is 7.56. The quantitative estimate of drug-likeness (QED) is 0.833. The van der Waals surface area contributed by atoms with Crippen molar-refractivity contribution in [3.05, 3.63) is 28.2 Å². The highest BCUT2D eigenvalue weighted by atomic mass is 16.1. The number of nitrogens with zero attached hydrogens (tertiary/aromatic N) is 4. The van der Waals surface area contributed by atoms with Crippen molar-refractivity contribution < 1.29 is 0 Å². The summed E-state index contributed by atoms with van der Waals surface area (Å²) in [4.78, 5) is 23.3. The highest BCUT2D eigenvalue weighted by Gasteiger charge is 2.26. The van der Waals surface area contributed by atoms with Gasteiger partial charge in [0.2, 0.25) is 5.95 Å². The second-order valence-electron chi connectivity index (χ2n) is 6.16. The van der Waals surface area contributed by atoms with Gasteiger partial charge in [-0.3, -0.25) is 14.9 Å². The molecule has 2 aromatic heterocycles. The van der Waals surface area contributed by atoms with E-state index >= 15 is 0 Å². The molecule has 2 aromatic rings. The summed E-state index contributed by atoms with van der Waals surface area (Å²) in [5.74, 6) is 1.17. The van der Waals surface area contributed by atoms with Gasteiger partial charge in [0.1, 0.15) is 5.69 Å². The number of hydrogen-bond acceptors (Lipinski definition) is 5. The van der Waals surface area contributed by atoms with E-state index in [1.165, 1.54) is 18.9 Å². The number of rotatable bonds is 6. The fourth-order valence-corrected chi connectivity index (χ4v) is 2.28. The molecule has 7 nitrogen and oxygen atoms in total. The molecule has 0 unspecified atom stereocenters. The fourth-order valence-electron chi connectivity index (χ4n) is 2.28. The van der Waals surface area contributed by atoms with E-state index in [1.807, 2.05) is 32.1 Å². The second kappa shape index (κ2) is 5.92. The van der Waals surface area contributed by atoms with E-state index in [1.54, 1.807) is 0 Å². The Morgan fingerprint density at radius 2 is 1.95 bits per heavy atom. The SMILES string of the molecule is CN(C)CCN(C)c1nc(-c2cc(C3CC3)[nH]n2)cc(=O)[nH]1. The van der Waals surface area contributed by atoms with E-state index in [0.29, 0.717) is 17.6 Å². The largest absolute Gasteiger partial charge is 0.344 e. The van der Waals surface area contributed by atoms with Crippen LogP contribution >= 0.6 is 0 Å². The van der Waals surface area contributed by atoms with Crippen LogP contribution in [0.5, 0.6) is 0 Å². The first-order chi connectivity index (χ1) is 10.5. The molecule has 1 fully saturated rings. The minimum Gasteiger partial charge on any atom is -0.344 e. The molecule has 0 amide bonds. The van der Waals surface area contributed by atoms with Gasteiger partial charge in [-0.15, -0.1) is 0 Å². The van der Waals surface area contributed by atoms with Crippen LogP contribution in [-0.2, 0) is 0 Å². The van der Waals surface area contributed by atoms with Crippen molar-refractivity contribution in [2.45, 2.75) is 18.8 Å². The molecule has 1 aliphatic rings. The summed E-state index contributed by atoms with van der Waals surface area (Å²) in [6, 6.07) is 3.50. The maximum atomic E-state index is 11.9. The molecule has 0 bridgehead atoms. The van der Waals surface area contributed by atoms with Crippen molar-refractivity contribution >= 4 is 5.95 Å². The Bertz CT molecular complexity index is 700. The van der Waals surface area contributed by atoms with Crippen molar-refractivity contribution in [1.29, 1.82) is 0 Å². The molecule has 3 rings (SSSR count). The number of anilines is 1. The Morgan fingerprint density at radius 1 is 1.18 bits per heavy atom. The van der Waals surface area contributed by atoms with Crippen LogP contribution in [0.3, 0.4) is 0 Å². The molecule has 118 valence electrons. The molecule has 2 N–H and O–H groups in total. The zero-order valence-corrected chi connectivity index (χ0v) is 13.3. The van der Waals surface area contributed by atoms with E-state index in [4.69, 9.17) is 0 Å². The molecular formula is C15H22N6O. The van der Waals surface area contributed by atoms with Gasteiger partial charge in [-0.25, -0.2) is 4.98 Å². The molecule has 0 saturated heterocycles. The van der Waals surface area contributed by atoms with Crippen molar-refractivity contribution in [1.82, 2.24) is 25.1 Å². The van der Waals surface area contributed by atoms with Gasteiger partial charge in [-0.2, -0.15) is 5.10 Å². The zero-order valence-electron chi connectivity index (χ0n) is 13.3. The molecule has 0 atom stereocenters. The molecule has 0 radical (unpaired) electrons. The summed E-state index contributed by atoms with van der Waals surface area (Å²) in [5.41, 5.74) is 2.32. The van der Waals surface area contributed by atoms with Crippen LogP contribution in [0, 0.1) is 0 Å². The summed E-state index contributed by atoms with van der Waals surface area (Å²) in [5, 5.41) is 7.35. The van der Waals surface area contributed by atoms with Crippen LogP contribution < -0.4 is 10.5 Å². The lowest BCUT2D eigenvalue weighted by Crippen LogP contribution is -2.30. The first kappa shape index (κ1) is 14.8. The summed E-state index contributed by atoms with van der Waals surface area (Å²) < 4.78 is 0. The smallest absolute Gasteiger partial charge is 0.252 e. The van der Waals surface area contributed by atoms with E-state index in [-0.39, 0.29) is 5.56 Å². The van der Waals surface area contributed by atoms with Gasteiger partial charge < -0.3 is 9.80 Å². The van der Waals surface area contributed by atoms with E-state index in [2.05, 4.69) is 25.1 Å². The summed E-state index contributed by atoms with van der Waals surface area (Å²) >= 11 is 0. The second-order valence-corrected chi connectivity index (χ2v) is 6.16. The van der Waals surface area contributed by atoms with Crippen LogP contribution in [0.2, 0.25) is 0 Å². The molecule has 1 aliphatic carbocycles. The van der Waals surface area contributed by atoms with E-state index in [0.717, 1.165) is 24.5 Å². The number of likely N-dealkylation sites (N-methyl/N-ethyl adjacent to an activating group) is 2. The van der Waals surface area contributed by atoms with E-state index in [9.17, 15) is 4.79 Å². The van der Waals surface area contributed by atoms with Gasteiger partial charge in [0.05, 0.1) is 5.69 Å². The van der Waals surface area contributed by atoms with Crippen LogP contribution in [0.1, 0.15) is 24.5 Å². The maximum Gasteiger partial charge on any atom is 0.252 e. The summed E-state index contributed by atoms with van der Waals surface area (Å²) in [6.45, 7) is 1.67. The monoisotopic (exact) mass is 302 g/mol. The van der Waals surface area contributed by atoms with Gasteiger partial charge in [-0.05, 0) is 33.0 Å². The predicted molar refractivity (Wildman–Crippen MR) is 86.2 cm³/mol. The third kappa shape index (κ3) is 3.36. The fraction of sp³-hybridized carbons (Fsp3) is 0.533. The number of nitrogens with one attached hydrogen (secondary N) is 2. The molecule has 7 heteroatoms. The predicted octanol–water partition coefficient (Wildman–Crippen LogP) is 1.04. The lowest BCUT2D eigenvalue weighted by Gasteiger charge is -2.20. The third-order valence-electron chi connectivity index (χ3n) is 3.85. The third-order valence-corrected chi connectivity index (χ3v) is 3.85. The first-order valence-electron chi connectivity index (χ1n) is 7.56. The highest BCUT2D eigenvalue weighted by molar-refractivity contribution is 5.56. The number of H-pyrrole nitrogens is 2. The highest BCUT2D eigenvalue weighted by Crippen LogP contribution is 2.39. The summed E-state index contributed by atoms with van der Waals surface area (Å²) in [7, 11) is 5.96. The normalized spacial score (nSPS) is 14.5. The van der Waals surface area contributed by atoms with E-state index < -0.39 is 0 Å². The van der Waals surface area contributed by atoms with Crippen molar-refractivity contribution in [3.63, 3.8) is 0 Å². The lowest BCUT2D eigenvalue weighted by atomic mass is 10.2. The molecule has 0 aromatic carbocycles. The standard InChI is InChI=1S/C15H22N6O/c1-20(2)6-7-21(3)15-16-12(9-14(22)17-15)13-8-11(18-19-13)10-4-5-10/h8-10H,4-7H2,1-3H3,(H,18,19)(H,16,17,22). The average Bonchev–Trinajstić information content (AvgIpc) is 3.21. The van der Waals surface area contributed by atoms with Crippen molar-refractivity contribution in [2.24, 2.45) is 0 Å². The molecular weight excluding hydrogens is 280 g/mol.